The van der Waals surface area contributed by atoms with Gasteiger partial charge in [0.1, 0.15) is 5.65 Å². The summed E-state index contributed by atoms with van der Waals surface area (Å²) < 4.78 is 0. The molecule has 2 heterocycles. The number of nitrogens with zero attached hydrogens (tertiary/aromatic N) is 1. The highest BCUT2D eigenvalue weighted by Crippen LogP contribution is 2.22. The van der Waals surface area contributed by atoms with E-state index < -0.39 is 6.10 Å². The molecule has 74 valence electrons. The number of nitrogens with two attached hydrogens (primary N) is 1. The maximum absolute atomic E-state index is 9.39. The minimum absolute atomic E-state index is 0.368. The van der Waals surface area contributed by atoms with E-state index in [0.717, 1.165) is 16.6 Å². The van der Waals surface area contributed by atoms with Crippen LogP contribution in [0, 0.1) is 0 Å². The summed E-state index contributed by atoms with van der Waals surface area (Å²) in [5.41, 5.74) is 7.56. The summed E-state index contributed by atoms with van der Waals surface area (Å²) >= 11 is 0. The molecule has 0 spiro atoms. The molecule has 0 bridgehead atoms. The second kappa shape index (κ2) is 3.40. The van der Waals surface area contributed by atoms with Crippen LogP contribution < -0.4 is 5.73 Å². The zero-order chi connectivity index (χ0) is 10.1. The average Bonchev–Trinajstić information content (AvgIpc) is 2.60. The Labute approximate surface area is 81.8 Å². The van der Waals surface area contributed by atoms with Gasteiger partial charge in [-0.05, 0) is 24.6 Å². The average molecular weight is 191 g/mol. The molecule has 14 heavy (non-hydrogen) atoms. The normalized spacial score (nSPS) is 15.6. The summed E-state index contributed by atoms with van der Waals surface area (Å²) in [6.45, 7) is 1.68. The lowest BCUT2D eigenvalue weighted by molar-refractivity contribution is 0.165. The van der Waals surface area contributed by atoms with Crippen molar-refractivity contribution < 1.29 is 5.11 Å². The predicted molar refractivity (Wildman–Crippen MR) is 54.7 cm³/mol. The third-order valence-electron chi connectivity index (χ3n) is 2.36. The molecule has 0 aliphatic rings. The van der Waals surface area contributed by atoms with Crippen LogP contribution in [0.25, 0.3) is 11.0 Å². The van der Waals surface area contributed by atoms with Crippen LogP contribution in [0.2, 0.25) is 0 Å². The van der Waals surface area contributed by atoms with E-state index in [1.54, 1.807) is 19.3 Å². The molecule has 2 aromatic heterocycles. The molecule has 0 fully saturated rings. The van der Waals surface area contributed by atoms with Crippen molar-refractivity contribution >= 4 is 11.0 Å². The monoisotopic (exact) mass is 191 g/mol. The van der Waals surface area contributed by atoms with Gasteiger partial charge in [0.25, 0.3) is 0 Å². The second-order valence-electron chi connectivity index (χ2n) is 3.41. The summed E-state index contributed by atoms with van der Waals surface area (Å²) in [6.07, 6.45) is 2.96. The van der Waals surface area contributed by atoms with Crippen molar-refractivity contribution in [1.82, 2.24) is 9.97 Å². The molecule has 0 saturated carbocycles. The van der Waals surface area contributed by atoms with Crippen molar-refractivity contribution in [1.29, 1.82) is 0 Å². The number of aliphatic hydroxyl groups is 1. The smallest absolute Gasteiger partial charge is 0.137 e. The molecule has 4 nitrogen and oxygen atoms in total. The number of nitrogens with one attached hydrogen (secondary N) is 1. The molecular weight excluding hydrogens is 178 g/mol. The Kier molecular flexibility index (Phi) is 2.23. The third-order valence-corrected chi connectivity index (χ3v) is 2.36. The highest BCUT2D eigenvalue weighted by Gasteiger charge is 2.16. The maximum atomic E-state index is 9.39. The highest BCUT2D eigenvalue weighted by molar-refractivity contribution is 5.80. The fourth-order valence-electron chi connectivity index (χ4n) is 1.51. The number of aromatic amines is 1. The van der Waals surface area contributed by atoms with Crippen LogP contribution in [0.5, 0.6) is 0 Å². The van der Waals surface area contributed by atoms with Crippen LogP contribution in [0.3, 0.4) is 0 Å². The van der Waals surface area contributed by atoms with E-state index in [2.05, 4.69) is 9.97 Å². The minimum atomic E-state index is -0.561. The zero-order valence-electron chi connectivity index (χ0n) is 7.94. The zero-order valence-corrected chi connectivity index (χ0v) is 7.94. The molecule has 0 amide bonds. The van der Waals surface area contributed by atoms with Crippen molar-refractivity contribution in [3.05, 3.63) is 30.1 Å². The number of H-pyrrole nitrogens is 1. The van der Waals surface area contributed by atoms with Crippen molar-refractivity contribution in [3.63, 3.8) is 0 Å². The van der Waals surface area contributed by atoms with Crippen LogP contribution in [-0.4, -0.2) is 21.2 Å². The Morgan fingerprint density at radius 3 is 3.07 bits per heavy atom. The summed E-state index contributed by atoms with van der Waals surface area (Å²) in [4.78, 5) is 7.17. The van der Waals surface area contributed by atoms with Gasteiger partial charge in [-0.25, -0.2) is 4.98 Å². The Morgan fingerprint density at radius 1 is 1.57 bits per heavy atom. The molecule has 4 heteroatoms. The van der Waals surface area contributed by atoms with Crippen molar-refractivity contribution in [3.8, 4) is 0 Å². The molecule has 0 unspecified atom stereocenters. The molecule has 2 aromatic rings. The van der Waals surface area contributed by atoms with Gasteiger partial charge in [0, 0.05) is 17.8 Å². The number of hydrogen-bond acceptors (Lipinski definition) is 3. The number of aromatic nitrogens is 2. The van der Waals surface area contributed by atoms with Gasteiger partial charge in [-0.3, -0.25) is 0 Å². The van der Waals surface area contributed by atoms with Gasteiger partial charge in [0.05, 0.1) is 12.1 Å². The van der Waals surface area contributed by atoms with Crippen molar-refractivity contribution in [2.45, 2.75) is 19.1 Å². The molecule has 2 rings (SSSR count). The Hall–Kier alpha value is -1.39. The summed E-state index contributed by atoms with van der Waals surface area (Å²) in [5.74, 6) is 0. The van der Waals surface area contributed by atoms with Crippen LogP contribution in [0.1, 0.15) is 18.5 Å². The summed E-state index contributed by atoms with van der Waals surface area (Å²) in [6, 6.07) is 3.43. The first kappa shape index (κ1) is 9.18. The van der Waals surface area contributed by atoms with E-state index in [1.807, 2.05) is 12.1 Å². The fraction of sp³-hybridized carbons (Fsp3) is 0.300. The maximum Gasteiger partial charge on any atom is 0.137 e. The van der Waals surface area contributed by atoms with Gasteiger partial charge in [-0.15, -0.1) is 0 Å². The first-order valence-electron chi connectivity index (χ1n) is 4.56. The third kappa shape index (κ3) is 1.38. The molecular formula is C10H13N3O. The standard InChI is InChI=1S/C10H13N3O/c1-6(14)9(11)8-5-13-10-7(8)3-2-4-12-10/h2-6,9,14H,11H2,1H3,(H,12,13)/t6-,9-/m0/s1. The number of hydrogen-bond donors (Lipinski definition) is 3. The van der Waals surface area contributed by atoms with Crippen LogP contribution in [-0.2, 0) is 0 Å². The van der Waals surface area contributed by atoms with Crippen molar-refractivity contribution in [2.75, 3.05) is 0 Å². The van der Waals surface area contributed by atoms with Gasteiger partial charge in [0.15, 0.2) is 0 Å². The molecule has 4 N–H and O–H groups in total. The van der Waals surface area contributed by atoms with E-state index in [1.165, 1.54) is 0 Å². The lowest BCUT2D eigenvalue weighted by Gasteiger charge is -2.13. The lowest BCUT2D eigenvalue weighted by atomic mass is 10.0. The predicted octanol–water partition coefficient (Wildman–Crippen LogP) is 0.944. The second-order valence-corrected chi connectivity index (χ2v) is 3.41. The SMILES string of the molecule is C[C@H](O)[C@H](N)c1c[nH]c2ncccc12. The summed E-state index contributed by atoms with van der Waals surface area (Å²) in [7, 11) is 0. The quantitative estimate of drug-likeness (QED) is 0.661. The van der Waals surface area contributed by atoms with Gasteiger partial charge in [-0.1, -0.05) is 0 Å². The Balaban J connectivity index is 2.53. The van der Waals surface area contributed by atoms with E-state index >= 15 is 0 Å². The molecule has 0 saturated heterocycles. The van der Waals surface area contributed by atoms with Gasteiger partial charge >= 0.3 is 0 Å². The molecule has 0 aromatic carbocycles. The highest BCUT2D eigenvalue weighted by atomic mass is 16.3. The number of rotatable bonds is 2. The topological polar surface area (TPSA) is 74.9 Å². The largest absolute Gasteiger partial charge is 0.391 e. The number of pyridine rings is 1. The molecule has 2 atom stereocenters. The van der Waals surface area contributed by atoms with E-state index in [-0.39, 0.29) is 6.04 Å². The van der Waals surface area contributed by atoms with E-state index in [4.69, 9.17) is 5.73 Å². The Bertz CT molecular complexity index is 436. The number of fused-ring (bicyclic) bond motifs is 1. The molecule has 0 aliphatic heterocycles. The van der Waals surface area contributed by atoms with E-state index in [0.29, 0.717) is 0 Å². The first-order valence-corrected chi connectivity index (χ1v) is 4.56. The van der Waals surface area contributed by atoms with Gasteiger partial charge in [0.2, 0.25) is 0 Å². The minimum Gasteiger partial charge on any atom is -0.391 e. The summed E-state index contributed by atoms with van der Waals surface area (Å²) in [5, 5.41) is 10.4. The fourth-order valence-corrected chi connectivity index (χ4v) is 1.51. The van der Waals surface area contributed by atoms with Gasteiger partial charge < -0.3 is 15.8 Å². The van der Waals surface area contributed by atoms with E-state index in [9.17, 15) is 5.11 Å². The number of aliphatic hydroxyl groups excluding tert-OH is 1. The molecule has 0 radical (unpaired) electrons. The van der Waals surface area contributed by atoms with Crippen LogP contribution >= 0.6 is 0 Å². The first-order chi connectivity index (χ1) is 6.70. The van der Waals surface area contributed by atoms with Crippen LogP contribution in [0.4, 0.5) is 0 Å². The van der Waals surface area contributed by atoms with Crippen molar-refractivity contribution in [2.24, 2.45) is 5.73 Å². The molecule has 0 aliphatic carbocycles. The Morgan fingerprint density at radius 2 is 2.36 bits per heavy atom. The van der Waals surface area contributed by atoms with Crippen LogP contribution in [0.15, 0.2) is 24.5 Å². The van der Waals surface area contributed by atoms with Gasteiger partial charge in [-0.2, -0.15) is 0 Å². The lowest BCUT2D eigenvalue weighted by Crippen LogP contribution is -2.22.